The Hall–Kier alpha value is -3.91. The number of esters is 1. The van der Waals surface area contributed by atoms with Gasteiger partial charge in [-0.15, -0.1) is 0 Å². The molecule has 0 spiro atoms. The number of rotatable bonds is 8. The zero-order chi connectivity index (χ0) is 24.8. The van der Waals surface area contributed by atoms with Crippen LogP contribution in [0.5, 0.6) is 11.5 Å². The van der Waals surface area contributed by atoms with E-state index < -0.39 is 12.0 Å². The van der Waals surface area contributed by atoms with E-state index in [2.05, 4.69) is 4.99 Å². The van der Waals surface area contributed by atoms with Crippen LogP contribution in [0.3, 0.4) is 0 Å². The van der Waals surface area contributed by atoms with E-state index in [1.165, 1.54) is 29.2 Å². The van der Waals surface area contributed by atoms with Crippen molar-refractivity contribution in [3.8, 4) is 11.5 Å². The summed E-state index contributed by atoms with van der Waals surface area (Å²) in [5.74, 6) is 0.588. The number of hydrogen-bond acceptors (Lipinski definition) is 7. The summed E-state index contributed by atoms with van der Waals surface area (Å²) in [4.78, 5) is 31.0. The third-order valence-corrected chi connectivity index (χ3v) is 6.36. The molecule has 35 heavy (non-hydrogen) atoms. The number of thiazole rings is 1. The van der Waals surface area contributed by atoms with Gasteiger partial charge in [0.2, 0.25) is 0 Å². The fraction of sp³-hybridized carbons (Fsp3) is 0.222. The average Bonchev–Trinajstić information content (AvgIpc) is 3.20. The summed E-state index contributed by atoms with van der Waals surface area (Å²) >= 11 is 1.27. The molecule has 180 valence electrons. The third kappa shape index (κ3) is 5.12. The SMILES string of the molecule is CCOc1ccc([C@H]2C(C(=O)OC)=CN=c3s/c(=C\C=C\c4ccccc4)c(=O)n32)cc1OCC. The lowest BCUT2D eigenvalue weighted by atomic mass is 9.97. The number of methoxy groups -OCH3 is 1. The lowest BCUT2D eigenvalue weighted by Gasteiger charge is -2.23. The van der Waals surface area contributed by atoms with Crippen molar-refractivity contribution in [1.82, 2.24) is 4.57 Å². The first-order valence-corrected chi connectivity index (χ1v) is 12.1. The topological polar surface area (TPSA) is 79.1 Å². The smallest absolute Gasteiger partial charge is 0.337 e. The molecule has 0 amide bonds. The minimum atomic E-state index is -0.714. The Morgan fingerprint density at radius 3 is 2.54 bits per heavy atom. The van der Waals surface area contributed by atoms with E-state index in [0.29, 0.717) is 39.6 Å². The Balaban J connectivity index is 1.83. The van der Waals surface area contributed by atoms with E-state index in [0.717, 1.165) is 5.56 Å². The van der Waals surface area contributed by atoms with Crippen LogP contribution in [0.1, 0.15) is 31.0 Å². The second-order valence-electron chi connectivity index (χ2n) is 7.54. The zero-order valence-electron chi connectivity index (χ0n) is 19.8. The summed E-state index contributed by atoms with van der Waals surface area (Å²) in [6.07, 6.45) is 7.00. The first-order chi connectivity index (χ1) is 17.1. The lowest BCUT2D eigenvalue weighted by molar-refractivity contribution is -0.136. The summed E-state index contributed by atoms with van der Waals surface area (Å²) in [7, 11) is 1.31. The Morgan fingerprint density at radius 1 is 1.09 bits per heavy atom. The second kappa shape index (κ2) is 11.0. The lowest BCUT2D eigenvalue weighted by Crippen LogP contribution is -2.39. The molecule has 2 aromatic carbocycles. The molecule has 1 aliphatic rings. The van der Waals surface area contributed by atoms with E-state index in [9.17, 15) is 9.59 Å². The second-order valence-corrected chi connectivity index (χ2v) is 8.55. The molecule has 0 N–H and O–H groups in total. The van der Waals surface area contributed by atoms with Crippen LogP contribution in [0, 0.1) is 0 Å². The van der Waals surface area contributed by atoms with Crippen LogP contribution in [-0.2, 0) is 9.53 Å². The van der Waals surface area contributed by atoms with Crippen LogP contribution in [-0.4, -0.2) is 30.9 Å². The van der Waals surface area contributed by atoms with Gasteiger partial charge in [-0.3, -0.25) is 9.36 Å². The highest BCUT2D eigenvalue weighted by molar-refractivity contribution is 7.07. The number of carbonyl (C=O) groups excluding carboxylic acids is 1. The molecule has 0 bridgehead atoms. The molecule has 0 saturated heterocycles. The van der Waals surface area contributed by atoms with Crippen molar-refractivity contribution in [2.75, 3.05) is 20.3 Å². The number of allylic oxidation sites excluding steroid dienone is 1. The zero-order valence-corrected chi connectivity index (χ0v) is 20.6. The van der Waals surface area contributed by atoms with E-state index in [1.807, 2.05) is 62.4 Å². The summed E-state index contributed by atoms with van der Waals surface area (Å²) in [5, 5.41) is 0. The molecule has 4 rings (SSSR count). The van der Waals surface area contributed by atoms with Gasteiger partial charge in [0.15, 0.2) is 16.3 Å². The largest absolute Gasteiger partial charge is 0.490 e. The summed E-state index contributed by atoms with van der Waals surface area (Å²) < 4.78 is 18.5. The van der Waals surface area contributed by atoms with Gasteiger partial charge in [0.05, 0.1) is 36.5 Å². The molecule has 0 aliphatic carbocycles. The maximum absolute atomic E-state index is 13.5. The molecule has 1 aromatic heterocycles. The molecule has 7 nitrogen and oxygen atoms in total. The van der Waals surface area contributed by atoms with Crippen LogP contribution in [0.4, 0.5) is 0 Å². The molecule has 2 heterocycles. The van der Waals surface area contributed by atoms with E-state index in [1.54, 1.807) is 18.2 Å². The maximum atomic E-state index is 13.5. The molecule has 1 aliphatic heterocycles. The molecule has 0 fully saturated rings. The van der Waals surface area contributed by atoms with Crippen molar-refractivity contribution in [2.24, 2.45) is 4.99 Å². The average molecular weight is 491 g/mol. The van der Waals surface area contributed by atoms with Gasteiger partial charge in [-0.05, 0) is 43.2 Å². The van der Waals surface area contributed by atoms with Crippen LogP contribution in [0.15, 0.2) is 76.2 Å². The van der Waals surface area contributed by atoms with Crippen molar-refractivity contribution in [3.05, 3.63) is 97.2 Å². The molecule has 0 saturated carbocycles. The Bertz CT molecular complexity index is 1450. The highest BCUT2D eigenvalue weighted by Gasteiger charge is 2.31. The van der Waals surface area contributed by atoms with Gasteiger partial charge in [0.25, 0.3) is 5.56 Å². The number of aromatic nitrogens is 1. The summed E-state index contributed by atoms with van der Waals surface area (Å²) in [6, 6.07) is 14.5. The number of carbonyl (C=O) groups is 1. The van der Waals surface area contributed by atoms with E-state index in [4.69, 9.17) is 14.2 Å². The normalized spacial score (nSPS) is 15.3. The Kier molecular flexibility index (Phi) is 7.62. The van der Waals surface area contributed by atoms with Gasteiger partial charge in [-0.25, -0.2) is 9.79 Å². The minimum absolute atomic E-state index is 0.238. The van der Waals surface area contributed by atoms with Crippen LogP contribution >= 0.6 is 11.3 Å². The van der Waals surface area contributed by atoms with Crippen molar-refractivity contribution in [3.63, 3.8) is 0 Å². The number of fused-ring (bicyclic) bond motifs is 1. The highest BCUT2D eigenvalue weighted by atomic mass is 32.1. The molecular weight excluding hydrogens is 464 g/mol. The molecule has 0 unspecified atom stereocenters. The Labute approximate surface area is 206 Å². The van der Waals surface area contributed by atoms with Gasteiger partial charge >= 0.3 is 5.97 Å². The van der Waals surface area contributed by atoms with E-state index >= 15 is 0 Å². The predicted octanol–water partition coefficient (Wildman–Crippen LogP) is 3.48. The van der Waals surface area contributed by atoms with Crippen LogP contribution in [0.2, 0.25) is 0 Å². The fourth-order valence-corrected chi connectivity index (χ4v) is 4.73. The van der Waals surface area contributed by atoms with Crippen LogP contribution < -0.4 is 24.4 Å². The van der Waals surface area contributed by atoms with Crippen molar-refractivity contribution in [1.29, 1.82) is 0 Å². The third-order valence-electron chi connectivity index (χ3n) is 5.34. The first-order valence-electron chi connectivity index (χ1n) is 11.3. The fourth-order valence-electron chi connectivity index (χ4n) is 3.81. The van der Waals surface area contributed by atoms with E-state index in [-0.39, 0.29) is 11.1 Å². The number of nitrogens with zero attached hydrogens (tertiary/aromatic N) is 2. The first kappa shape index (κ1) is 24.2. The standard InChI is InChI=1S/C27H26N2O5S/c1-4-33-21-15-14-19(16-22(21)34-5-2)24-20(26(31)32-3)17-28-27-29(24)25(30)23(35-27)13-9-12-18-10-7-6-8-11-18/h6-17,24H,4-5H2,1-3H3/b12-9+,23-13-/t24-/m0/s1. The molecule has 1 atom stereocenters. The molecular formula is C27H26N2O5S. The Morgan fingerprint density at radius 2 is 1.83 bits per heavy atom. The van der Waals surface area contributed by atoms with Crippen molar-refractivity contribution >= 4 is 29.5 Å². The van der Waals surface area contributed by atoms with Gasteiger partial charge in [0, 0.05) is 6.20 Å². The summed E-state index contributed by atoms with van der Waals surface area (Å²) in [5.41, 5.74) is 1.74. The number of hydrogen-bond donors (Lipinski definition) is 0. The highest BCUT2D eigenvalue weighted by Crippen LogP contribution is 2.35. The molecule has 3 aromatic rings. The summed E-state index contributed by atoms with van der Waals surface area (Å²) in [6.45, 7) is 4.71. The minimum Gasteiger partial charge on any atom is -0.490 e. The van der Waals surface area contributed by atoms with Gasteiger partial charge in [-0.1, -0.05) is 59.9 Å². The van der Waals surface area contributed by atoms with Crippen molar-refractivity contribution < 1.29 is 19.0 Å². The monoisotopic (exact) mass is 490 g/mol. The number of ether oxygens (including phenoxy) is 3. The predicted molar refractivity (Wildman–Crippen MR) is 136 cm³/mol. The molecule has 0 radical (unpaired) electrons. The maximum Gasteiger partial charge on any atom is 0.337 e. The van der Waals surface area contributed by atoms with Crippen LogP contribution in [0.25, 0.3) is 12.2 Å². The van der Waals surface area contributed by atoms with Gasteiger partial charge in [-0.2, -0.15) is 0 Å². The van der Waals surface area contributed by atoms with Crippen molar-refractivity contribution in [2.45, 2.75) is 19.9 Å². The quantitative estimate of drug-likeness (QED) is 0.452. The number of benzene rings is 2. The van der Waals surface area contributed by atoms with Gasteiger partial charge in [0.1, 0.15) is 0 Å². The van der Waals surface area contributed by atoms with Gasteiger partial charge < -0.3 is 14.2 Å². The molecule has 8 heteroatoms.